The van der Waals surface area contributed by atoms with E-state index in [1.165, 1.54) is 6.07 Å². The fraction of sp³-hybridized carbons (Fsp3) is 0.294. The van der Waals surface area contributed by atoms with Crippen LogP contribution in [0.5, 0.6) is 0 Å². The van der Waals surface area contributed by atoms with E-state index in [9.17, 15) is 9.18 Å². The zero-order valence-electron chi connectivity index (χ0n) is 13.0. The lowest BCUT2D eigenvalue weighted by Gasteiger charge is -2.17. The number of hydrogen-bond acceptors (Lipinski definition) is 3. The molecule has 2 rings (SSSR count). The second-order valence-electron chi connectivity index (χ2n) is 6.08. The highest BCUT2D eigenvalue weighted by molar-refractivity contribution is 5.94. The lowest BCUT2D eigenvalue weighted by molar-refractivity contribution is -0.123. The van der Waals surface area contributed by atoms with E-state index in [1.807, 2.05) is 20.8 Å². The number of halogens is 1. The number of amides is 1. The number of aromatic nitrogens is 1. The number of benzene rings is 1. The predicted molar refractivity (Wildman–Crippen MR) is 86.0 cm³/mol. The Morgan fingerprint density at radius 3 is 2.50 bits per heavy atom. The molecule has 0 aliphatic heterocycles. The van der Waals surface area contributed by atoms with E-state index >= 15 is 0 Å². The third kappa shape index (κ3) is 4.28. The van der Waals surface area contributed by atoms with Gasteiger partial charge in [0.2, 0.25) is 5.91 Å². The zero-order valence-corrected chi connectivity index (χ0v) is 13.0. The maximum absolute atomic E-state index is 13.5. The van der Waals surface area contributed by atoms with Gasteiger partial charge in [-0.05, 0) is 18.2 Å². The van der Waals surface area contributed by atoms with Crippen LogP contribution in [0.2, 0.25) is 0 Å². The summed E-state index contributed by atoms with van der Waals surface area (Å²) in [4.78, 5) is 16.1. The first-order valence-electron chi connectivity index (χ1n) is 7.11. The average Bonchev–Trinajstić information content (AvgIpc) is 2.47. The quantitative estimate of drug-likeness (QED) is 0.902. The van der Waals surface area contributed by atoms with Gasteiger partial charge in [0.25, 0.3) is 0 Å². The summed E-state index contributed by atoms with van der Waals surface area (Å²) in [5, 5.41) is 5.85. The van der Waals surface area contributed by atoms with Gasteiger partial charge in [0.05, 0.1) is 11.9 Å². The van der Waals surface area contributed by atoms with Crippen LogP contribution in [-0.4, -0.2) is 10.9 Å². The molecule has 5 heteroatoms. The molecule has 0 saturated heterocycles. The number of carbonyl (C=O) groups is 1. The number of hydrogen-bond donors (Lipinski definition) is 2. The van der Waals surface area contributed by atoms with Gasteiger partial charge in [0.1, 0.15) is 11.6 Å². The van der Waals surface area contributed by atoms with Crippen molar-refractivity contribution in [1.82, 2.24) is 4.98 Å². The Kier molecular flexibility index (Phi) is 4.75. The van der Waals surface area contributed by atoms with E-state index in [0.29, 0.717) is 23.6 Å². The molecule has 1 heterocycles. The van der Waals surface area contributed by atoms with Crippen molar-refractivity contribution in [2.75, 3.05) is 10.6 Å². The first kappa shape index (κ1) is 15.9. The smallest absolute Gasteiger partial charge is 0.229 e. The standard InChI is InChI=1S/C17H20FN3O/c1-17(2,3)16(22)21-13-8-9-15(20-11-13)19-10-12-6-4-5-7-14(12)18/h4-9,11H,10H2,1-3H3,(H,19,20)(H,21,22). The summed E-state index contributed by atoms with van der Waals surface area (Å²) in [5.41, 5.74) is 0.757. The van der Waals surface area contributed by atoms with Gasteiger partial charge in [-0.1, -0.05) is 39.0 Å². The van der Waals surface area contributed by atoms with Crippen LogP contribution < -0.4 is 10.6 Å². The predicted octanol–water partition coefficient (Wildman–Crippen LogP) is 3.82. The fourth-order valence-corrected chi connectivity index (χ4v) is 1.72. The van der Waals surface area contributed by atoms with E-state index < -0.39 is 5.41 Å². The molecule has 0 radical (unpaired) electrons. The Balaban J connectivity index is 1.95. The van der Waals surface area contributed by atoms with Gasteiger partial charge in [-0.3, -0.25) is 4.79 Å². The topological polar surface area (TPSA) is 54.0 Å². The van der Waals surface area contributed by atoms with Gasteiger partial charge in [0, 0.05) is 17.5 Å². The van der Waals surface area contributed by atoms with Gasteiger partial charge in [0.15, 0.2) is 0 Å². The molecule has 116 valence electrons. The molecule has 0 spiro atoms. The normalized spacial score (nSPS) is 11.1. The third-order valence-corrected chi connectivity index (χ3v) is 3.12. The van der Waals surface area contributed by atoms with Crippen LogP contribution in [-0.2, 0) is 11.3 Å². The van der Waals surface area contributed by atoms with Crippen LogP contribution in [0.25, 0.3) is 0 Å². The van der Waals surface area contributed by atoms with E-state index in [4.69, 9.17) is 0 Å². The van der Waals surface area contributed by atoms with Crippen molar-refractivity contribution in [2.24, 2.45) is 5.41 Å². The average molecular weight is 301 g/mol. The Morgan fingerprint density at radius 1 is 1.18 bits per heavy atom. The molecule has 0 fully saturated rings. The first-order valence-corrected chi connectivity index (χ1v) is 7.11. The fourth-order valence-electron chi connectivity index (χ4n) is 1.72. The summed E-state index contributed by atoms with van der Waals surface area (Å²) in [5.74, 6) is 0.308. The molecule has 22 heavy (non-hydrogen) atoms. The van der Waals surface area contributed by atoms with Crippen molar-refractivity contribution >= 4 is 17.4 Å². The number of carbonyl (C=O) groups excluding carboxylic acids is 1. The highest BCUT2D eigenvalue weighted by atomic mass is 19.1. The van der Waals surface area contributed by atoms with Crippen molar-refractivity contribution in [2.45, 2.75) is 27.3 Å². The molecular formula is C17H20FN3O. The maximum atomic E-state index is 13.5. The molecule has 0 saturated carbocycles. The first-order chi connectivity index (χ1) is 10.4. The van der Waals surface area contributed by atoms with E-state index in [-0.39, 0.29) is 11.7 Å². The zero-order chi connectivity index (χ0) is 16.2. The molecular weight excluding hydrogens is 281 g/mol. The Hall–Kier alpha value is -2.43. The summed E-state index contributed by atoms with van der Waals surface area (Å²) in [6.07, 6.45) is 1.58. The van der Waals surface area contributed by atoms with Crippen molar-refractivity contribution < 1.29 is 9.18 Å². The Bertz CT molecular complexity index is 648. The highest BCUT2D eigenvalue weighted by Gasteiger charge is 2.21. The largest absolute Gasteiger partial charge is 0.366 e. The summed E-state index contributed by atoms with van der Waals surface area (Å²) < 4.78 is 13.5. The molecule has 0 aliphatic carbocycles. The number of anilines is 2. The van der Waals surface area contributed by atoms with Crippen LogP contribution in [0, 0.1) is 11.2 Å². The maximum Gasteiger partial charge on any atom is 0.229 e. The minimum Gasteiger partial charge on any atom is -0.366 e. The minimum absolute atomic E-state index is 0.0682. The summed E-state index contributed by atoms with van der Waals surface area (Å²) >= 11 is 0. The molecule has 0 unspecified atom stereocenters. The Labute approximate surface area is 129 Å². The monoisotopic (exact) mass is 301 g/mol. The molecule has 1 aromatic heterocycles. The second kappa shape index (κ2) is 6.56. The van der Waals surface area contributed by atoms with E-state index in [1.54, 1.807) is 36.5 Å². The molecule has 2 N–H and O–H groups in total. The summed E-state index contributed by atoms with van der Waals surface area (Å²) in [7, 11) is 0. The summed E-state index contributed by atoms with van der Waals surface area (Å²) in [6, 6.07) is 10.1. The lowest BCUT2D eigenvalue weighted by atomic mass is 9.96. The minimum atomic E-state index is -0.457. The van der Waals surface area contributed by atoms with Crippen molar-refractivity contribution in [3.63, 3.8) is 0 Å². The third-order valence-electron chi connectivity index (χ3n) is 3.12. The molecule has 1 aromatic carbocycles. The molecule has 0 bridgehead atoms. The Morgan fingerprint density at radius 2 is 1.91 bits per heavy atom. The SMILES string of the molecule is CC(C)(C)C(=O)Nc1ccc(NCc2ccccc2F)nc1. The number of rotatable bonds is 4. The van der Waals surface area contributed by atoms with E-state index in [0.717, 1.165) is 0 Å². The van der Waals surface area contributed by atoms with Crippen LogP contribution in [0.3, 0.4) is 0 Å². The molecule has 1 amide bonds. The highest BCUT2D eigenvalue weighted by Crippen LogP contribution is 2.18. The number of pyridine rings is 1. The van der Waals surface area contributed by atoms with Gasteiger partial charge in [-0.25, -0.2) is 9.37 Å². The van der Waals surface area contributed by atoms with Gasteiger partial charge < -0.3 is 10.6 Å². The van der Waals surface area contributed by atoms with Gasteiger partial charge >= 0.3 is 0 Å². The molecule has 0 aliphatic rings. The molecule has 2 aromatic rings. The van der Waals surface area contributed by atoms with Crippen LogP contribution in [0.15, 0.2) is 42.6 Å². The molecule has 4 nitrogen and oxygen atoms in total. The van der Waals surface area contributed by atoms with Crippen molar-refractivity contribution in [3.05, 3.63) is 54.0 Å². The van der Waals surface area contributed by atoms with Crippen LogP contribution in [0.4, 0.5) is 15.9 Å². The summed E-state index contributed by atoms with van der Waals surface area (Å²) in [6.45, 7) is 5.90. The second-order valence-corrected chi connectivity index (χ2v) is 6.08. The van der Waals surface area contributed by atoms with Crippen LogP contribution in [0.1, 0.15) is 26.3 Å². The van der Waals surface area contributed by atoms with Crippen molar-refractivity contribution in [3.8, 4) is 0 Å². The van der Waals surface area contributed by atoms with E-state index in [2.05, 4.69) is 15.6 Å². The molecule has 0 atom stereocenters. The number of nitrogens with zero attached hydrogens (tertiary/aromatic N) is 1. The number of nitrogens with one attached hydrogen (secondary N) is 2. The van der Waals surface area contributed by atoms with Gasteiger partial charge in [-0.15, -0.1) is 0 Å². The van der Waals surface area contributed by atoms with Crippen LogP contribution >= 0.6 is 0 Å². The van der Waals surface area contributed by atoms with Crippen molar-refractivity contribution in [1.29, 1.82) is 0 Å². The lowest BCUT2D eigenvalue weighted by Crippen LogP contribution is -2.27. The van der Waals surface area contributed by atoms with Gasteiger partial charge in [-0.2, -0.15) is 0 Å².